The summed E-state index contributed by atoms with van der Waals surface area (Å²) in [6.45, 7) is 10.3. The van der Waals surface area contributed by atoms with E-state index in [4.69, 9.17) is 15.2 Å². The van der Waals surface area contributed by atoms with Crippen molar-refractivity contribution in [2.45, 2.75) is 39.8 Å². The van der Waals surface area contributed by atoms with Crippen LogP contribution in [0.15, 0.2) is 0 Å². The SMILES string of the molecule is C[C@H](OC(=O)N1CCOCC1)[C@@H](N)C(C)(C)C. The zero-order valence-electron chi connectivity index (χ0n) is 11.2. The fourth-order valence-electron chi connectivity index (χ4n) is 1.76. The number of carbonyl (C=O) groups excluding carboxylic acids is 1. The number of morpholine rings is 1. The van der Waals surface area contributed by atoms with E-state index in [1.807, 2.05) is 27.7 Å². The van der Waals surface area contributed by atoms with Gasteiger partial charge in [0.2, 0.25) is 0 Å². The Kier molecular flexibility index (Phi) is 4.77. The first-order chi connectivity index (χ1) is 7.82. The van der Waals surface area contributed by atoms with Crippen molar-refractivity contribution < 1.29 is 14.3 Å². The van der Waals surface area contributed by atoms with Gasteiger partial charge in [0.25, 0.3) is 0 Å². The lowest BCUT2D eigenvalue weighted by Crippen LogP contribution is -2.49. The summed E-state index contributed by atoms with van der Waals surface area (Å²) in [5.74, 6) is 0. The summed E-state index contributed by atoms with van der Waals surface area (Å²) >= 11 is 0. The van der Waals surface area contributed by atoms with Crippen molar-refractivity contribution in [2.24, 2.45) is 11.1 Å². The Labute approximate surface area is 103 Å². The molecule has 0 aromatic rings. The predicted octanol–water partition coefficient (Wildman–Crippen LogP) is 1.22. The molecule has 1 saturated heterocycles. The molecular formula is C12H24N2O3. The van der Waals surface area contributed by atoms with E-state index in [-0.39, 0.29) is 23.7 Å². The van der Waals surface area contributed by atoms with Gasteiger partial charge in [-0.3, -0.25) is 0 Å². The number of rotatable bonds is 2. The molecule has 1 heterocycles. The maximum atomic E-state index is 11.8. The minimum Gasteiger partial charge on any atom is -0.445 e. The van der Waals surface area contributed by atoms with Crippen molar-refractivity contribution in [3.8, 4) is 0 Å². The van der Waals surface area contributed by atoms with E-state index in [0.717, 1.165) is 0 Å². The number of amides is 1. The van der Waals surface area contributed by atoms with Crippen LogP contribution in [0, 0.1) is 5.41 Å². The van der Waals surface area contributed by atoms with Crippen LogP contribution in [0.25, 0.3) is 0 Å². The molecule has 2 atom stereocenters. The lowest BCUT2D eigenvalue weighted by molar-refractivity contribution is 0.00348. The van der Waals surface area contributed by atoms with E-state index >= 15 is 0 Å². The zero-order valence-corrected chi connectivity index (χ0v) is 11.2. The van der Waals surface area contributed by atoms with E-state index in [1.165, 1.54) is 0 Å². The number of carbonyl (C=O) groups is 1. The molecule has 0 aromatic carbocycles. The van der Waals surface area contributed by atoms with E-state index in [1.54, 1.807) is 4.90 Å². The van der Waals surface area contributed by atoms with Crippen LogP contribution in [-0.2, 0) is 9.47 Å². The van der Waals surface area contributed by atoms with Gasteiger partial charge >= 0.3 is 6.09 Å². The summed E-state index contributed by atoms with van der Waals surface area (Å²) in [5.41, 5.74) is 5.97. The predicted molar refractivity (Wildman–Crippen MR) is 65.8 cm³/mol. The molecule has 100 valence electrons. The lowest BCUT2D eigenvalue weighted by atomic mass is 9.84. The molecule has 0 spiro atoms. The lowest BCUT2D eigenvalue weighted by Gasteiger charge is -2.33. The van der Waals surface area contributed by atoms with Crippen molar-refractivity contribution in [1.29, 1.82) is 0 Å². The van der Waals surface area contributed by atoms with Gasteiger partial charge in [-0.2, -0.15) is 0 Å². The topological polar surface area (TPSA) is 64.8 Å². The second-order valence-corrected chi connectivity index (χ2v) is 5.58. The summed E-state index contributed by atoms with van der Waals surface area (Å²) in [4.78, 5) is 13.5. The monoisotopic (exact) mass is 244 g/mol. The van der Waals surface area contributed by atoms with Crippen molar-refractivity contribution in [2.75, 3.05) is 26.3 Å². The van der Waals surface area contributed by atoms with Crippen molar-refractivity contribution in [3.05, 3.63) is 0 Å². The molecule has 0 aliphatic carbocycles. The highest BCUT2D eigenvalue weighted by molar-refractivity contribution is 5.68. The van der Waals surface area contributed by atoms with Gasteiger partial charge in [0.1, 0.15) is 6.10 Å². The number of hydrogen-bond donors (Lipinski definition) is 1. The molecule has 1 amide bonds. The Morgan fingerprint density at radius 1 is 1.35 bits per heavy atom. The van der Waals surface area contributed by atoms with Crippen LogP contribution in [0.2, 0.25) is 0 Å². The van der Waals surface area contributed by atoms with Crippen LogP contribution in [0.5, 0.6) is 0 Å². The number of ether oxygens (including phenoxy) is 2. The maximum Gasteiger partial charge on any atom is 0.410 e. The Hall–Kier alpha value is -0.810. The highest BCUT2D eigenvalue weighted by Gasteiger charge is 2.30. The average Bonchev–Trinajstić information content (AvgIpc) is 2.27. The molecular weight excluding hydrogens is 220 g/mol. The molecule has 5 nitrogen and oxygen atoms in total. The average molecular weight is 244 g/mol. The highest BCUT2D eigenvalue weighted by atomic mass is 16.6. The third kappa shape index (κ3) is 4.16. The van der Waals surface area contributed by atoms with Crippen molar-refractivity contribution in [3.63, 3.8) is 0 Å². The minimum absolute atomic E-state index is 0.0787. The Balaban J connectivity index is 2.44. The first kappa shape index (κ1) is 14.3. The molecule has 0 aromatic heterocycles. The van der Waals surface area contributed by atoms with E-state index in [0.29, 0.717) is 26.3 Å². The molecule has 0 unspecified atom stereocenters. The second kappa shape index (κ2) is 5.69. The normalized spacial score (nSPS) is 20.9. The molecule has 2 N–H and O–H groups in total. The molecule has 1 rings (SSSR count). The first-order valence-electron chi connectivity index (χ1n) is 6.11. The van der Waals surface area contributed by atoms with Crippen LogP contribution in [0.1, 0.15) is 27.7 Å². The van der Waals surface area contributed by atoms with Gasteiger partial charge in [0, 0.05) is 19.1 Å². The third-order valence-corrected chi connectivity index (χ3v) is 3.06. The number of nitrogens with zero attached hydrogens (tertiary/aromatic N) is 1. The summed E-state index contributed by atoms with van der Waals surface area (Å²) in [6, 6.07) is -0.174. The van der Waals surface area contributed by atoms with Gasteiger partial charge in [-0.25, -0.2) is 4.79 Å². The number of hydrogen-bond acceptors (Lipinski definition) is 4. The van der Waals surface area contributed by atoms with E-state index in [2.05, 4.69) is 0 Å². The molecule has 1 fully saturated rings. The van der Waals surface area contributed by atoms with Crippen LogP contribution in [0.3, 0.4) is 0 Å². The molecule has 0 radical (unpaired) electrons. The van der Waals surface area contributed by atoms with Crippen LogP contribution in [0.4, 0.5) is 4.79 Å². The second-order valence-electron chi connectivity index (χ2n) is 5.58. The minimum atomic E-state index is -0.291. The van der Waals surface area contributed by atoms with Crippen molar-refractivity contribution in [1.82, 2.24) is 4.90 Å². The van der Waals surface area contributed by atoms with Crippen LogP contribution in [-0.4, -0.2) is 49.4 Å². The smallest absolute Gasteiger partial charge is 0.410 e. The summed E-state index contributed by atoms with van der Waals surface area (Å²) in [6.07, 6.45) is -0.578. The van der Waals surface area contributed by atoms with Crippen LogP contribution >= 0.6 is 0 Å². The summed E-state index contributed by atoms with van der Waals surface area (Å²) in [7, 11) is 0. The largest absolute Gasteiger partial charge is 0.445 e. The molecule has 1 aliphatic rings. The maximum absolute atomic E-state index is 11.8. The fraction of sp³-hybridized carbons (Fsp3) is 0.917. The quantitative estimate of drug-likeness (QED) is 0.793. The highest BCUT2D eigenvalue weighted by Crippen LogP contribution is 2.21. The molecule has 1 aliphatic heterocycles. The summed E-state index contributed by atoms with van der Waals surface area (Å²) in [5, 5.41) is 0. The fourth-order valence-corrected chi connectivity index (χ4v) is 1.76. The summed E-state index contributed by atoms with van der Waals surface area (Å²) < 4.78 is 10.6. The first-order valence-corrected chi connectivity index (χ1v) is 6.11. The van der Waals surface area contributed by atoms with E-state index in [9.17, 15) is 4.79 Å². The Bertz CT molecular complexity index is 257. The standard InChI is InChI=1S/C12H24N2O3/c1-9(10(13)12(2,3)4)17-11(15)14-5-7-16-8-6-14/h9-10H,5-8,13H2,1-4H3/t9-,10+/m0/s1. The Morgan fingerprint density at radius 2 is 1.88 bits per heavy atom. The van der Waals surface area contributed by atoms with Gasteiger partial charge in [-0.15, -0.1) is 0 Å². The zero-order chi connectivity index (χ0) is 13.1. The van der Waals surface area contributed by atoms with Gasteiger partial charge in [0.05, 0.1) is 13.2 Å². The molecule has 0 saturated carbocycles. The van der Waals surface area contributed by atoms with Gasteiger partial charge < -0.3 is 20.1 Å². The van der Waals surface area contributed by atoms with E-state index < -0.39 is 0 Å². The Morgan fingerprint density at radius 3 is 2.35 bits per heavy atom. The van der Waals surface area contributed by atoms with Crippen molar-refractivity contribution >= 4 is 6.09 Å². The molecule has 0 bridgehead atoms. The third-order valence-electron chi connectivity index (χ3n) is 3.06. The number of nitrogens with two attached hydrogens (primary N) is 1. The van der Waals surface area contributed by atoms with Gasteiger partial charge in [0.15, 0.2) is 0 Å². The van der Waals surface area contributed by atoms with Gasteiger partial charge in [-0.1, -0.05) is 20.8 Å². The molecule has 17 heavy (non-hydrogen) atoms. The molecule has 5 heteroatoms. The van der Waals surface area contributed by atoms with Gasteiger partial charge in [-0.05, 0) is 12.3 Å². The van der Waals surface area contributed by atoms with Crippen LogP contribution < -0.4 is 5.73 Å².